The van der Waals surface area contributed by atoms with E-state index in [0.717, 1.165) is 61.9 Å². The lowest BCUT2D eigenvalue weighted by Gasteiger charge is -2.25. The van der Waals surface area contributed by atoms with Gasteiger partial charge in [0.15, 0.2) is 0 Å². The topological polar surface area (TPSA) is 57.4 Å². The Bertz CT molecular complexity index is 4460. The van der Waals surface area contributed by atoms with Crippen LogP contribution in [-0.2, 0) is 0 Å². The average Bonchev–Trinajstić information content (AvgIpc) is 4.16. The molecule has 0 N–H and O–H groups in total. The summed E-state index contributed by atoms with van der Waals surface area (Å²) in [5.41, 5.74) is 0.493. The quantitative estimate of drug-likeness (QED) is 0.177. The van der Waals surface area contributed by atoms with E-state index in [9.17, 15) is 16.0 Å². The maximum Gasteiger partial charge on any atom is 0.102 e. The maximum atomic E-state index is 12.0. The van der Waals surface area contributed by atoms with Crippen LogP contribution in [0.1, 0.15) is 24.8 Å². The number of hydrogen-bond acceptors (Lipinski definition) is 4. The fourth-order valence-corrected chi connectivity index (χ4v) is 12.1. The molecule has 9 aromatic carbocycles. The van der Waals surface area contributed by atoms with E-state index in [2.05, 4.69) is 24.3 Å². The van der Waals surface area contributed by atoms with Crippen molar-refractivity contribution in [2.45, 2.75) is 0 Å². The van der Waals surface area contributed by atoms with Crippen LogP contribution in [0.25, 0.3) is 118 Å². The van der Waals surface area contributed by atoms with Crippen LogP contribution < -0.4 is 0 Å². The van der Waals surface area contributed by atoms with Gasteiger partial charge >= 0.3 is 0 Å². The zero-order valence-electron chi connectivity index (χ0n) is 42.2. The minimum atomic E-state index is -0.690. The Morgan fingerprint density at radius 2 is 0.806 bits per heavy atom. The van der Waals surface area contributed by atoms with Gasteiger partial charge in [0, 0.05) is 73.0 Å². The molecule has 0 bridgehead atoms. The number of hydrogen-bond donors (Lipinski definition) is 0. The first-order valence-corrected chi connectivity index (χ1v) is 21.4. The molecule has 4 nitrogen and oxygen atoms in total. The number of fused-ring (bicyclic) bond motifs is 14. The third-order valence-corrected chi connectivity index (χ3v) is 14.4. The van der Waals surface area contributed by atoms with Gasteiger partial charge in [0.25, 0.3) is 0 Å². The van der Waals surface area contributed by atoms with Gasteiger partial charge in [-0.2, -0.15) is 10.5 Å². The van der Waals surface area contributed by atoms with Crippen LogP contribution in [0.3, 0.4) is 0 Å². The number of aromatic nitrogens is 2. The smallest absolute Gasteiger partial charge is 0.102 e. The van der Waals surface area contributed by atoms with Crippen molar-refractivity contribution in [2.24, 2.45) is 0 Å². The molecule has 286 valence electrons. The van der Waals surface area contributed by atoms with Gasteiger partial charge < -0.3 is 9.13 Å². The van der Waals surface area contributed by atoms with Gasteiger partial charge in [-0.25, -0.2) is 0 Å². The van der Waals surface area contributed by atoms with Gasteiger partial charge in [0.2, 0.25) is 0 Å². The molecule has 0 atom stereocenters. The van der Waals surface area contributed by atoms with Crippen LogP contribution in [0.4, 0.5) is 0 Å². The van der Waals surface area contributed by atoms with Crippen LogP contribution in [0, 0.1) is 22.7 Å². The third kappa shape index (κ3) is 4.68. The molecule has 4 aromatic heterocycles. The zero-order chi connectivity index (χ0) is 49.8. The molecule has 0 saturated carbocycles. The molecule has 0 fully saturated rings. The molecule has 6 heteroatoms. The third-order valence-electron chi connectivity index (χ3n) is 12.0. The Labute approximate surface area is 377 Å². The van der Waals surface area contributed by atoms with Crippen molar-refractivity contribution in [3.63, 3.8) is 0 Å². The molecule has 4 heterocycles. The molecule has 0 spiro atoms. The number of rotatable bonds is 4. The van der Waals surface area contributed by atoms with E-state index in [1.807, 2.05) is 118 Å². The highest BCUT2D eigenvalue weighted by molar-refractivity contribution is 7.27. The van der Waals surface area contributed by atoms with Gasteiger partial charge in [-0.1, -0.05) is 145 Å². The fraction of sp³-hybridized carbons (Fsp3) is 0. The van der Waals surface area contributed by atoms with Gasteiger partial charge in [0.05, 0.1) is 58.3 Å². The van der Waals surface area contributed by atoms with Crippen molar-refractivity contribution in [1.82, 2.24) is 9.13 Å². The van der Waals surface area contributed by atoms with Crippen molar-refractivity contribution in [2.75, 3.05) is 0 Å². The predicted octanol–water partition coefficient (Wildman–Crippen LogP) is 15.7. The average molecular weight is 833 g/mol. The van der Waals surface area contributed by atoms with E-state index >= 15 is 0 Å². The van der Waals surface area contributed by atoms with Gasteiger partial charge in [0.1, 0.15) is 12.1 Å². The van der Waals surface area contributed by atoms with Gasteiger partial charge in [-0.05, 0) is 47.5 Å². The number of benzene rings is 9. The molecule has 0 aliphatic heterocycles. The first-order valence-electron chi connectivity index (χ1n) is 24.7. The molecule has 62 heavy (non-hydrogen) atoms. The number of nitriles is 2. The van der Waals surface area contributed by atoms with E-state index in [1.54, 1.807) is 22.7 Å². The summed E-state index contributed by atoms with van der Waals surface area (Å²) in [5, 5.41) is 31.1. The Balaban J connectivity index is 1.37. The summed E-state index contributed by atoms with van der Waals surface area (Å²) in [4.78, 5) is 0. The van der Waals surface area contributed by atoms with Gasteiger partial charge in [-0.15, -0.1) is 22.7 Å². The Morgan fingerprint density at radius 1 is 0.403 bits per heavy atom. The van der Waals surface area contributed by atoms with E-state index in [0.29, 0.717) is 22.1 Å². The summed E-state index contributed by atoms with van der Waals surface area (Å²) in [5.74, 6) is 0. The molecule has 0 unspecified atom stereocenters. The Kier molecular flexibility index (Phi) is 5.61. The lowest BCUT2D eigenvalue weighted by Crippen LogP contribution is -2.11. The molecule has 13 aromatic rings. The SMILES string of the molecule is [2H]c1c([2H])c([2H])c(-c2c(C#N)c(-n3c4ccccc4c4c5sc6ccccc6c5ccc43)c(-c3c([2H])c([2H])c([2H])c([2H])c3[2H])c(-n3c4ccccc4c4c5sc6ccccc6c5ccc43)c2C#N)c([2H])c1[2H]. The fourth-order valence-electron chi connectivity index (χ4n) is 9.58. The standard InChI is InChI=1S/C56H30N4S2/c57-31-41-49(33-15-3-1-4-16-33)42(32-58)54(60-44-24-12-8-22-40(44)52-46(60)30-28-38-36-20-10-14-26-48(36)62-56(38)52)50(34-17-5-2-6-18-34)53(41)59-43-23-11-7-21-39(43)51-45(59)29-27-37-35-19-9-13-25-47(35)61-55(37)51/h1-30H/i1D,2D,3D,4D,5D,6D,15D,16D,17D,18D. The summed E-state index contributed by atoms with van der Waals surface area (Å²) in [6.45, 7) is 0. The van der Waals surface area contributed by atoms with Crippen molar-refractivity contribution < 1.29 is 13.7 Å². The molecule has 0 aliphatic carbocycles. The van der Waals surface area contributed by atoms with Gasteiger partial charge in [-0.3, -0.25) is 0 Å². The van der Waals surface area contributed by atoms with Crippen molar-refractivity contribution >= 4 is 107 Å². The summed E-state index contributed by atoms with van der Waals surface area (Å²) in [6, 6.07) is 37.2. The number of nitrogens with zero attached hydrogens (tertiary/aromatic N) is 4. The minimum absolute atomic E-state index is 0.0209. The van der Waals surface area contributed by atoms with Crippen molar-refractivity contribution in [3.8, 4) is 45.8 Å². The van der Waals surface area contributed by atoms with Crippen LogP contribution in [0.2, 0.25) is 0 Å². The highest BCUT2D eigenvalue weighted by Gasteiger charge is 2.32. The highest BCUT2D eigenvalue weighted by Crippen LogP contribution is 2.51. The van der Waals surface area contributed by atoms with Crippen LogP contribution in [0.15, 0.2) is 182 Å². The number of thiophene rings is 2. The first-order chi connectivity index (χ1) is 34.9. The second-order valence-electron chi connectivity index (χ2n) is 15.0. The summed E-state index contributed by atoms with van der Waals surface area (Å²) in [7, 11) is 0. The Hall–Kier alpha value is -8.00. The van der Waals surface area contributed by atoms with E-state index in [1.165, 1.54) is 0 Å². The normalized spacial score (nSPS) is 14.1. The Morgan fingerprint density at radius 3 is 1.26 bits per heavy atom. The second-order valence-corrected chi connectivity index (χ2v) is 17.1. The van der Waals surface area contributed by atoms with Crippen LogP contribution in [0.5, 0.6) is 0 Å². The molecule has 0 amide bonds. The largest absolute Gasteiger partial charge is 0.307 e. The minimum Gasteiger partial charge on any atom is -0.307 e. The zero-order valence-corrected chi connectivity index (χ0v) is 33.8. The van der Waals surface area contributed by atoms with E-state index in [-0.39, 0.29) is 39.2 Å². The first kappa shape index (κ1) is 26.3. The van der Waals surface area contributed by atoms with Crippen LogP contribution >= 0.6 is 22.7 Å². The molecule has 0 aliphatic rings. The number of para-hydroxylation sites is 2. The molecule has 0 radical (unpaired) electrons. The van der Waals surface area contributed by atoms with Crippen LogP contribution in [-0.4, -0.2) is 9.13 Å². The lowest BCUT2D eigenvalue weighted by molar-refractivity contribution is 1.12. The molecular weight excluding hydrogens is 793 g/mol. The highest BCUT2D eigenvalue weighted by atomic mass is 32.1. The molecular formula is C56H30N4S2. The van der Waals surface area contributed by atoms with Crippen molar-refractivity contribution in [1.29, 1.82) is 10.5 Å². The van der Waals surface area contributed by atoms with E-state index in [4.69, 9.17) is 8.22 Å². The predicted molar refractivity (Wildman–Crippen MR) is 261 cm³/mol. The molecule has 0 saturated heterocycles. The summed E-state index contributed by atoms with van der Waals surface area (Å²) in [6.07, 6.45) is 0. The monoisotopic (exact) mass is 832 g/mol. The lowest BCUT2D eigenvalue weighted by atomic mass is 9.86. The summed E-state index contributed by atoms with van der Waals surface area (Å²) >= 11 is 3.18. The maximum absolute atomic E-state index is 12.0. The molecule has 13 rings (SSSR count). The van der Waals surface area contributed by atoms with E-state index < -0.39 is 66.0 Å². The second kappa shape index (κ2) is 13.3. The van der Waals surface area contributed by atoms with Crippen molar-refractivity contribution in [3.05, 3.63) is 193 Å². The summed E-state index contributed by atoms with van der Waals surface area (Å²) < 4.78 is 99.4.